The summed E-state index contributed by atoms with van der Waals surface area (Å²) in [4.78, 5) is 33.6. The molecular formula is C20H34O6. The predicted molar refractivity (Wildman–Crippen MR) is 100 cm³/mol. The number of esters is 2. The van der Waals surface area contributed by atoms with Crippen molar-refractivity contribution in [3.63, 3.8) is 0 Å². The Morgan fingerprint density at radius 3 is 1.38 bits per heavy atom. The summed E-state index contributed by atoms with van der Waals surface area (Å²) in [7, 11) is 0. The summed E-state index contributed by atoms with van der Waals surface area (Å²) < 4.78 is 10.1. The predicted octanol–water partition coefficient (Wildman–Crippen LogP) is 4.29. The van der Waals surface area contributed by atoms with E-state index in [1.807, 2.05) is 27.7 Å². The molecule has 0 aliphatic carbocycles. The van der Waals surface area contributed by atoms with E-state index in [2.05, 4.69) is 0 Å². The van der Waals surface area contributed by atoms with Gasteiger partial charge in [0, 0.05) is 12.2 Å². The van der Waals surface area contributed by atoms with Gasteiger partial charge in [-0.3, -0.25) is 0 Å². The molecule has 0 aromatic rings. The molecule has 0 aromatic heterocycles. The molecule has 0 aromatic carbocycles. The summed E-state index contributed by atoms with van der Waals surface area (Å²) >= 11 is 0. The third kappa shape index (κ3) is 13.6. The van der Waals surface area contributed by atoms with Gasteiger partial charge in [0.05, 0.1) is 24.4 Å². The van der Waals surface area contributed by atoms with Crippen molar-refractivity contribution >= 4 is 11.9 Å². The zero-order chi connectivity index (χ0) is 20.1. The molecule has 0 aliphatic rings. The first kappa shape index (κ1) is 24.3. The number of allylic oxidation sites excluding steroid dienone is 2. The summed E-state index contributed by atoms with van der Waals surface area (Å²) in [6.07, 6.45) is 8.81. The Morgan fingerprint density at radius 2 is 1.08 bits per heavy atom. The van der Waals surface area contributed by atoms with Crippen molar-refractivity contribution in [3.8, 4) is 0 Å². The molecule has 26 heavy (non-hydrogen) atoms. The van der Waals surface area contributed by atoms with E-state index in [-0.39, 0.29) is 11.9 Å². The van der Waals surface area contributed by atoms with E-state index < -0.39 is 11.2 Å². The summed E-state index contributed by atoms with van der Waals surface area (Å²) in [6, 6.07) is 0. The molecule has 0 saturated carbocycles. The number of rotatable bonds is 13. The summed E-state index contributed by atoms with van der Waals surface area (Å²) in [6.45, 7) is 11.9. The molecule has 0 aliphatic heterocycles. The van der Waals surface area contributed by atoms with Crippen LogP contribution in [0.3, 0.4) is 0 Å². The minimum atomic E-state index is -0.497. The van der Waals surface area contributed by atoms with Gasteiger partial charge in [-0.05, 0) is 67.2 Å². The Bertz CT molecular complexity index is 433. The molecule has 0 atom stereocenters. The van der Waals surface area contributed by atoms with Gasteiger partial charge in [0.2, 0.25) is 0 Å². The highest BCUT2D eigenvalue weighted by molar-refractivity contribution is 5.82. The standard InChI is InChI=1S/C20H34O6/c1-7-11-17(21)23-15-9-13-19(3,4)25-26-20(5,6)14-10-16-24-18(22)12-8-2/h7-8,11-12H,9-10,13-16H2,1-6H3. The third-order valence-electron chi connectivity index (χ3n) is 3.43. The lowest BCUT2D eigenvalue weighted by Gasteiger charge is -2.30. The molecular weight excluding hydrogens is 336 g/mol. The number of ether oxygens (including phenoxy) is 2. The topological polar surface area (TPSA) is 71.1 Å². The smallest absolute Gasteiger partial charge is 0.330 e. The molecule has 0 unspecified atom stereocenters. The van der Waals surface area contributed by atoms with Gasteiger partial charge >= 0.3 is 11.9 Å². The quantitative estimate of drug-likeness (QED) is 0.158. The van der Waals surface area contributed by atoms with Gasteiger partial charge in [-0.2, -0.15) is 0 Å². The minimum Gasteiger partial charge on any atom is -0.463 e. The number of hydrogen-bond acceptors (Lipinski definition) is 6. The zero-order valence-electron chi connectivity index (χ0n) is 17.0. The van der Waals surface area contributed by atoms with Gasteiger partial charge in [0.1, 0.15) is 0 Å². The van der Waals surface area contributed by atoms with E-state index in [0.29, 0.717) is 38.9 Å². The maximum absolute atomic E-state index is 11.2. The van der Waals surface area contributed by atoms with Crippen LogP contribution in [0.2, 0.25) is 0 Å². The lowest BCUT2D eigenvalue weighted by Crippen LogP contribution is -2.33. The Kier molecular flexibility index (Phi) is 11.8. The molecule has 0 amide bonds. The average Bonchev–Trinajstić information content (AvgIpc) is 2.55. The SMILES string of the molecule is CC=CC(=O)OCCCC(C)(C)OOC(C)(C)CCCOC(=O)C=CC. The van der Waals surface area contributed by atoms with E-state index in [1.165, 1.54) is 12.2 Å². The van der Waals surface area contributed by atoms with Crippen LogP contribution in [0.25, 0.3) is 0 Å². The second kappa shape index (κ2) is 12.7. The molecule has 0 bridgehead atoms. The van der Waals surface area contributed by atoms with Crippen molar-refractivity contribution in [1.29, 1.82) is 0 Å². The van der Waals surface area contributed by atoms with E-state index in [0.717, 1.165) is 0 Å². The first-order chi connectivity index (χ1) is 12.1. The van der Waals surface area contributed by atoms with Crippen LogP contribution in [-0.4, -0.2) is 36.4 Å². The summed E-state index contributed by atoms with van der Waals surface area (Å²) in [5, 5.41) is 0. The van der Waals surface area contributed by atoms with Crippen LogP contribution in [0.4, 0.5) is 0 Å². The van der Waals surface area contributed by atoms with Crippen LogP contribution in [-0.2, 0) is 28.8 Å². The van der Waals surface area contributed by atoms with Crippen molar-refractivity contribution in [2.24, 2.45) is 0 Å². The van der Waals surface area contributed by atoms with E-state index in [1.54, 1.807) is 26.0 Å². The van der Waals surface area contributed by atoms with Crippen LogP contribution < -0.4 is 0 Å². The Morgan fingerprint density at radius 1 is 0.731 bits per heavy atom. The molecule has 6 nitrogen and oxygen atoms in total. The van der Waals surface area contributed by atoms with Gasteiger partial charge in [-0.15, -0.1) is 0 Å². The highest BCUT2D eigenvalue weighted by Crippen LogP contribution is 2.24. The molecule has 0 N–H and O–H groups in total. The van der Waals surface area contributed by atoms with Crippen molar-refractivity contribution in [2.75, 3.05) is 13.2 Å². The fourth-order valence-corrected chi connectivity index (χ4v) is 2.02. The van der Waals surface area contributed by atoms with Crippen molar-refractivity contribution in [2.45, 2.75) is 78.4 Å². The Labute approximate surface area is 157 Å². The van der Waals surface area contributed by atoms with E-state index >= 15 is 0 Å². The Hall–Kier alpha value is -1.66. The number of carbonyl (C=O) groups excluding carboxylic acids is 2. The normalized spacial score (nSPS) is 12.7. The monoisotopic (exact) mass is 370 g/mol. The molecule has 6 heteroatoms. The van der Waals surface area contributed by atoms with Gasteiger partial charge < -0.3 is 9.47 Å². The molecule has 0 radical (unpaired) electrons. The molecule has 0 fully saturated rings. The highest BCUT2D eigenvalue weighted by Gasteiger charge is 2.26. The largest absolute Gasteiger partial charge is 0.463 e. The van der Waals surface area contributed by atoms with Crippen molar-refractivity contribution in [3.05, 3.63) is 24.3 Å². The van der Waals surface area contributed by atoms with Crippen LogP contribution in [0, 0.1) is 0 Å². The average molecular weight is 370 g/mol. The Balaban J connectivity index is 4.02. The van der Waals surface area contributed by atoms with Crippen LogP contribution in [0.5, 0.6) is 0 Å². The second-order valence-corrected chi connectivity index (χ2v) is 7.23. The highest BCUT2D eigenvalue weighted by atomic mass is 17.2. The fourth-order valence-electron chi connectivity index (χ4n) is 2.02. The van der Waals surface area contributed by atoms with Crippen molar-refractivity contribution in [1.82, 2.24) is 0 Å². The minimum absolute atomic E-state index is 0.335. The van der Waals surface area contributed by atoms with Crippen molar-refractivity contribution < 1.29 is 28.8 Å². The fraction of sp³-hybridized carbons (Fsp3) is 0.700. The first-order valence-corrected chi connectivity index (χ1v) is 9.07. The number of carbonyl (C=O) groups is 2. The lowest BCUT2D eigenvalue weighted by molar-refractivity contribution is -0.403. The van der Waals surface area contributed by atoms with E-state index in [4.69, 9.17) is 19.2 Å². The van der Waals surface area contributed by atoms with Crippen LogP contribution in [0.1, 0.15) is 67.2 Å². The second-order valence-electron chi connectivity index (χ2n) is 7.23. The molecule has 0 heterocycles. The zero-order valence-corrected chi connectivity index (χ0v) is 17.0. The molecule has 0 spiro atoms. The van der Waals surface area contributed by atoms with Gasteiger partial charge in [0.15, 0.2) is 0 Å². The van der Waals surface area contributed by atoms with Crippen LogP contribution >= 0.6 is 0 Å². The van der Waals surface area contributed by atoms with Crippen LogP contribution in [0.15, 0.2) is 24.3 Å². The summed E-state index contributed by atoms with van der Waals surface area (Å²) in [5.74, 6) is -0.669. The van der Waals surface area contributed by atoms with Gasteiger partial charge in [-0.1, -0.05) is 12.2 Å². The molecule has 0 rings (SSSR count). The molecule has 0 saturated heterocycles. The third-order valence-corrected chi connectivity index (χ3v) is 3.43. The maximum atomic E-state index is 11.2. The first-order valence-electron chi connectivity index (χ1n) is 9.07. The van der Waals surface area contributed by atoms with Gasteiger partial charge in [-0.25, -0.2) is 19.4 Å². The maximum Gasteiger partial charge on any atom is 0.330 e. The lowest BCUT2D eigenvalue weighted by atomic mass is 10.0. The summed E-state index contributed by atoms with van der Waals surface area (Å²) in [5.41, 5.74) is -0.995. The van der Waals surface area contributed by atoms with Gasteiger partial charge in [0.25, 0.3) is 0 Å². The number of hydrogen-bond donors (Lipinski definition) is 0. The van der Waals surface area contributed by atoms with E-state index in [9.17, 15) is 9.59 Å². The molecule has 150 valence electrons.